The van der Waals surface area contributed by atoms with E-state index in [1.165, 1.54) is 4.90 Å². The molecule has 4 aliphatic rings. The maximum atomic E-state index is 13.8. The van der Waals surface area contributed by atoms with Crippen molar-refractivity contribution < 1.29 is 22.7 Å². The minimum atomic E-state index is -3.21. The number of rotatable bonds is 11. The lowest BCUT2D eigenvalue weighted by atomic mass is 9.83. The van der Waals surface area contributed by atoms with E-state index in [4.69, 9.17) is 16.2 Å². The molecule has 1 saturated carbocycles. The van der Waals surface area contributed by atoms with E-state index in [2.05, 4.69) is 36.4 Å². The van der Waals surface area contributed by atoms with Crippen molar-refractivity contribution in [3.8, 4) is 0 Å². The lowest BCUT2D eigenvalue weighted by Gasteiger charge is -2.45. The van der Waals surface area contributed by atoms with Crippen LogP contribution >= 0.6 is 0 Å². The molecule has 3 amide bonds. The normalized spacial score (nSPS) is 27.3. The molecule has 3 aliphatic heterocycles. The quantitative estimate of drug-likeness (QED) is 0.201. The Bertz CT molecular complexity index is 1100. The Labute approximate surface area is 253 Å². The van der Waals surface area contributed by atoms with Gasteiger partial charge in [-0.15, -0.1) is 0 Å². The fraction of sp³-hybridized carbons (Fsp3) is 0.862. The SMILES string of the molecule is CCCCN1CC(=C(N)N)CN(C2CCC(CN3C(=O)N(COCC[Si](C)(C)C)C(=O)C34CCS(=O)(=O)CC4)CC2)C1. The van der Waals surface area contributed by atoms with Crippen LogP contribution in [0.25, 0.3) is 0 Å². The zero-order valence-corrected chi connectivity index (χ0v) is 28.1. The highest BCUT2D eigenvalue weighted by Gasteiger charge is 2.59. The largest absolute Gasteiger partial charge is 0.386 e. The van der Waals surface area contributed by atoms with Gasteiger partial charge in [-0.2, -0.15) is 0 Å². The molecule has 0 aromatic carbocycles. The second-order valence-corrected chi connectivity index (χ2v) is 22.1. The van der Waals surface area contributed by atoms with Gasteiger partial charge in [0.15, 0.2) is 9.84 Å². The molecule has 0 radical (unpaired) electrons. The van der Waals surface area contributed by atoms with E-state index >= 15 is 0 Å². The zero-order chi connectivity index (χ0) is 30.7. The highest BCUT2D eigenvalue weighted by Crippen LogP contribution is 2.40. The van der Waals surface area contributed by atoms with Crippen LogP contribution in [0.2, 0.25) is 25.7 Å². The summed E-state index contributed by atoms with van der Waals surface area (Å²) in [5.41, 5.74) is 12.1. The number of nitrogens with zero attached hydrogens (tertiary/aromatic N) is 4. The van der Waals surface area contributed by atoms with Gasteiger partial charge in [0.05, 0.1) is 24.0 Å². The van der Waals surface area contributed by atoms with Crippen molar-refractivity contribution in [1.82, 2.24) is 19.6 Å². The second kappa shape index (κ2) is 13.5. The lowest BCUT2D eigenvalue weighted by molar-refractivity contribution is -0.137. The van der Waals surface area contributed by atoms with Crippen LogP contribution in [0.5, 0.6) is 0 Å². The zero-order valence-electron chi connectivity index (χ0n) is 26.3. The summed E-state index contributed by atoms with van der Waals surface area (Å²) in [6.07, 6.45) is 6.53. The molecule has 1 aliphatic carbocycles. The van der Waals surface area contributed by atoms with E-state index < -0.39 is 23.5 Å². The Morgan fingerprint density at radius 1 is 1.05 bits per heavy atom. The first-order valence-electron chi connectivity index (χ1n) is 15.9. The predicted octanol–water partition coefficient (Wildman–Crippen LogP) is 2.57. The summed E-state index contributed by atoms with van der Waals surface area (Å²) in [6, 6.07) is 1.04. The number of urea groups is 1. The Balaban J connectivity index is 1.40. The molecule has 240 valence electrons. The molecule has 42 heavy (non-hydrogen) atoms. The van der Waals surface area contributed by atoms with E-state index in [0.29, 0.717) is 25.0 Å². The van der Waals surface area contributed by atoms with Gasteiger partial charge < -0.3 is 21.1 Å². The van der Waals surface area contributed by atoms with Gasteiger partial charge in [-0.1, -0.05) is 33.0 Å². The fourth-order valence-electron chi connectivity index (χ4n) is 6.87. The molecule has 0 bridgehead atoms. The molecule has 13 heteroatoms. The van der Waals surface area contributed by atoms with Crippen LogP contribution in [0.3, 0.4) is 0 Å². The van der Waals surface area contributed by atoms with Crippen molar-refractivity contribution in [3.63, 3.8) is 0 Å². The van der Waals surface area contributed by atoms with Crippen molar-refractivity contribution in [2.24, 2.45) is 17.4 Å². The summed E-state index contributed by atoms with van der Waals surface area (Å²) in [4.78, 5) is 35.4. The van der Waals surface area contributed by atoms with Crippen LogP contribution < -0.4 is 11.5 Å². The van der Waals surface area contributed by atoms with Crippen molar-refractivity contribution in [2.45, 2.75) is 95.6 Å². The highest BCUT2D eigenvalue weighted by atomic mass is 32.2. The third kappa shape index (κ3) is 7.88. The molecule has 4 fully saturated rings. The predicted molar refractivity (Wildman–Crippen MR) is 168 cm³/mol. The van der Waals surface area contributed by atoms with Crippen molar-refractivity contribution in [1.29, 1.82) is 0 Å². The molecule has 4 rings (SSSR count). The number of imide groups is 1. The number of sulfone groups is 1. The smallest absolute Gasteiger partial charge is 0.329 e. The molecule has 0 aromatic rings. The van der Waals surface area contributed by atoms with Crippen molar-refractivity contribution in [3.05, 3.63) is 11.4 Å². The molecule has 3 heterocycles. The van der Waals surface area contributed by atoms with Crippen LogP contribution in [-0.2, 0) is 19.4 Å². The van der Waals surface area contributed by atoms with Crippen molar-refractivity contribution in [2.75, 3.05) is 57.7 Å². The van der Waals surface area contributed by atoms with E-state index in [9.17, 15) is 18.0 Å². The monoisotopic (exact) mass is 626 g/mol. The number of amides is 3. The summed E-state index contributed by atoms with van der Waals surface area (Å²) in [6.45, 7) is 13.5. The van der Waals surface area contributed by atoms with E-state index in [-0.39, 0.29) is 48.9 Å². The van der Waals surface area contributed by atoms with Gasteiger partial charge >= 0.3 is 6.03 Å². The number of unbranched alkanes of at least 4 members (excludes halogenated alkanes) is 1. The average Bonchev–Trinajstić information content (AvgIpc) is 3.12. The highest BCUT2D eigenvalue weighted by molar-refractivity contribution is 7.91. The maximum absolute atomic E-state index is 13.8. The summed E-state index contributed by atoms with van der Waals surface area (Å²) in [5.74, 6) is 0.271. The van der Waals surface area contributed by atoms with Crippen LogP contribution in [-0.4, -0.2) is 117 Å². The van der Waals surface area contributed by atoms with Gasteiger partial charge in [-0.25, -0.2) is 18.1 Å². The summed E-state index contributed by atoms with van der Waals surface area (Å²) in [5, 5.41) is 0. The van der Waals surface area contributed by atoms with Gasteiger partial charge in [0.2, 0.25) is 0 Å². The van der Waals surface area contributed by atoms with Crippen LogP contribution in [0.15, 0.2) is 11.4 Å². The first-order valence-corrected chi connectivity index (χ1v) is 21.4. The second-order valence-electron chi connectivity index (χ2n) is 14.2. The Morgan fingerprint density at radius 3 is 2.31 bits per heavy atom. The molecule has 11 nitrogen and oxygen atoms in total. The topological polar surface area (TPSA) is 143 Å². The number of nitrogens with two attached hydrogens (primary N) is 2. The summed E-state index contributed by atoms with van der Waals surface area (Å²) >= 11 is 0. The van der Waals surface area contributed by atoms with E-state index in [1.54, 1.807) is 4.90 Å². The maximum Gasteiger partial charge on any atom is 0.329 e. The molecule has 0 unspecified atom stereocenters. The van der Waals surface area contributed by atoms with Gasteiger partial charge in [-0.3, -0.25) is 14.6 Å². The van der Waals surface area contributed by atoms with Gasteiger partial charge in [0.1, 0.15) is 12.3 Å². The average molecular weight is 627 g/mol. The minimum Gasteiger partial charge on any atom is -0.386 e. The molecular formula is C29H54N6O5SSi. The minimum absolute atomic E-state index is 0.0660. The standard InChI is InChI=1S/C29H54N6O5SSi/c1-5-6-13-32-19-24(26(30)31)20-33(21-32)25-9-7-23(8-10-25)18-35-28(37)34(22-40-14-17-42(2,3)4)27(36)29(35)11-15-41(38,39)16-12-29/h23,25H,5-22,30-31H2,1-4H3. The first-order chi connectivity index (χ1) is 19.7. The van der Waals surface area contributed by atoms with Crippen LogP contribution in [0.1, 0.15) is 58.3 Å². The van der Waals surface area contributed by atoms with Crippen molar-refractivity contribution >= 4 is 29.8 Å². The molecular weight excluding hydrogens is 573 g/mol. The Hall–Kier alpha value is -1.67. The van der Waals surface area contributed by atoms with E-state index in [1.807, 2.05) is 0 Å². The Kier molecular flexibility index (Phi) is 10.7. The van der Waals surface area contributed by atoms with E-state index in [0.717, 1.165) is 76.4 Å². The first kappa shape index (κ1) is 33.2. The number of ether oxygens (including phenoxy) is 1. The number of hydrogen-bond acceptors (Lipinski definition) is 9. The number of carbonyl (C=O) groups is 2. The third-order valence-electron chi connectivity index (χ3n) is 9.69. The fourth-order valence-corrected chi connectivity index (χ4v) is 9.13. The number of hydrogen-bond donors (Lipinski definition) is 2. The van der Waals surface area contributed by atoms with Crippen LogP contribution in [0.4, 0.5) is 4.79 Å². The molecule has 4 N–H and O–H groups in total. The van der Waals surface area contributed by atoms with Gasteiger partial charge in [0, 0.05) is 40.4 Å². The van der Waals surface area contributed by atoms with Crippen LogP contribution in [0, 0.1) is 5.92 Å². The number of carbonyl (C=O) groups excluding carboxylic acids is 2. The lowest BCUT2D eigenvalue weighted by Crippen LogP contribution is -2.56. The Morgan fingerprint density at radius 2 is 1.71 bits per heavy atom. The summed E-state index contributed by atoms with van der Waals surface area (Å²) < 4.78 is 30.5. The van der Waals surface area contributed by atoms with Gasteiger partial charge in [0.25, 0.3) is 5.91 Å². The summed E-state index contributed by atoms with van der Waals surface area (Å²) in [7, 11) is -4.52. The molecule has 0 atom stereocenters. The van der Waals surface area contributed by atoms with Gasteiger partial charge in [-0.05, 0) is 69.0 Å². The molecule has 0 aromatic heterocycles. The third-order valence-corrected chi connectivity index (χ3v) is 13.0. The molecule has 1 spiro atoms. The molecule has 3 saturated heterocycles.